The van der Waals surface area contributed by atoms with Crippen LogP contribution in [0.5, 0.6) is 0 Å². The lowest BCUT2D eigenvalue weighted by atomic mass is 9.83. The van der Waals surface area contributed by atoms with Crippen molar-refractivity contribution >= 4 is 0 Å². The summed E-state index contributed by atoms with van der Waals surface area (Å²) < 4.78 is 0. The standard InChI is InChI=1S/C50H39N5/c1-4-12-34(13-5-1)39-18-10-21-43(30-39)50-54-48(37-16-8-3-9-17-37)53-49(55-50)38-26-24-35(25-27-38)45-32-46(52-47(51-45)36-14-6-2-7-15-36)42-20-11-19-40(31-42)44-29-33-22-23-41(44)28-33/h1-21,24-27,30-33,41,44H,22-23,28-29H2. The van der Waals surface area contributed by atoms with Crippen LogP contribution in [0.4, 0.5) is 0 Å². The molecule has 2 saturated carbocycles. The molecule has 55 heavy (non-hydrogen) atoms. The number of hydrogen-bond acceptors (Lipinski definition) is 5. The van der Waals surface area contributed by atoms with Crippen LogP contribution in [-0.4, -0.2) is 24.9 Å². The van der Waals surface area contributed by atoms with Gasteiger partial charge in [0.05, 0.1) is 11.4 Å². The van der Waals surface area contributed by atoms with E-state index in [1.54, 1.807) is 0 Å². The Morgan fingerprint density at radius 1 is 0.327 bits per heavy atom. The van der Waals surface area contributed by atoms with Crippen LogP contribution in [0.3, 0.4) is 0 Å². The van der Waals surface area contributed by atoms with Crippen LogP contribution >= 0.6 is 0 Å². The van der Waals surface area contributed by atoms with Crippen LogP contribution in [0, 0.1) is 11.8 Å². The third kappa shape index (κ3) is 6.74. The summed E-state index contributed by atoms with van der Waals surface area (Å²) in [6.45, 7) is 0. The van der Waals surface area contributed by atoms with Crippen molar-refractivity contribution < 1.29 is 0 Å². The molecule has 3 unspecified atom stereocenters. The van der Waals surface area contributed by atoms with Crippen molar-refractivity contribution in [2.75, 3.05) is 0 Å². The van der Waals surface area contributed by atoms with Gasteiger partial charge in [0, 0.05) is 33.4 Å². The summed E-state index contributed by atoms with van der Waals surface area (Å²) in [6.07, 6.45) is 5.48. The molecule has 8 aromatic rings. The Morgan fingerprint density at radius 2 is 0.818 bits per heavy atom. The van der Waals surface area contributed by atoms with Gasteiger partial charge in [0.15, 0.2) is 23.3 Å². The lowest BCUT2D eigenvalue weighted by Gasteiger charge is -2.22. The van der Waals surface area contributed by atoms with Gasteiger partial charge in [0.2, 0.25) is 0 Å². The molecule has 2 aliphatic rings. The van der Waals surface area contributed by atoms with Gasteiger partial charge in [-0.2, -0.15) is 0 Å². The monoisotopic (exact) mass is 709 g/mol. The topological polar surface area (TPSA) is 64.5 Å². The van der Waals surface area contributed by atoms with Gasteiger partial charge < -0.3 is 0 Å². The first-order valence-corrected chi connectivity index (χ1v) is 19.3. The van der Waals surface area contributed by atoms with E-state index in [9.17, 15) is 0 Å². The summed E-state index contributed by atoms with van der Waals surface area (Å²) in [5, 5.41) is 0. The van der Waals surface area contributed by atoms with E-state index < -0.39 is 0 Å². The maximum Gasteiger partial charge on any atom is 0.164 e. The van der Waals surface area contributed by atoms with Crippen molar-refractivity contribution in [3.8, 4) is 79.2 Å². The molecule has 0 saturated heterocycles. The molecule has 10 rings (SSSR count). The Kier molecular flexibility index (Phi) is 8.60. The average Bonchev–Trinajstić information content (AvgIpc) is 3.92. The van der Waals surface area contributed by atoms with Crippen LogP contribution in [0.2, 0.25) is 0 Å². The molecule has 3 atom stereocenters. The fraction of sp³-hybridized carbons (Fsp3) is 0.140. The molecule has 2 bridgehead atoms. The fourth-order valence-corrected chi connectivity index (χ4v) is 8.65. The molecule has 2 aromatic heterocycles. The molecule has 6 aromatic carbocycles. The third-order valence-electron chi connectivity index (χ3n) is 11.4. The third-order valence-corrected chi connectivity index (χ3v) is 11.4. The highest BCUT2D eigenvalue weighted by Crippen LogP contribution is 2.53. The first-order valence-electron chi connectivity index (χ1n) is 19.3. The van der Waals surface area contributed by atoms with Gasteiger partial charge >= 0.3 is 0 Å². The first-order chi connectivity index (χ1) is 27.2. The van der Waals surface area contributed by atoms with E-state index >= 15 is 0 Å². The molecule has 0 aliphatic heterocycles. The number of fused-ring (bicyclic) bond motifs is 2. The van der Waals surface area contributed by atoms with Gasteiger partial charge in [-0.15, -0.1) is 0 Å². The lowest BCUT2D eigenvalue weighted by Crippen LogP contribution is -2.08. The lowest BCUT2D eigenvalue weighted by molar-refractivity contribution is 0.420. The summed E-state index contributed by atoms with van der Waals surface area (Å²) in [6, 6.07) is 58.8. The molecule has 2 aliphatic carbocycles. The highest BCUT2D eigenvalue weighted by Gasteiger charge is 2.40. The van der Waals surface area contributed by atoms with Crippen LogP contribution in [0.25, 0.3) is 79.2 Å². The second-order valence-corrected chi connectivity index (χ2v) is 14.9. The minimum absolute atomic E-state index is 0.617. The normalized spacial score (nSPS) is 17.3. The minimum atomic E-state index is 0.617. The molecule has 0 amide bonds. The molecule has 0 spiro atoms. The van der Waals surface area contributed by atoms with Crippen molar-refractivity contribution in [3.63, 3.8) is 0 Å². The largest absolute Gasteiger partial charge is 0.228 e. The summed E-state index contributed by atoms with van der Waals surface area (Å²) in [4.78, 5) is 25.3. The van der Waals surface area contributed by atoms with E-state index in [4.69, 9.17) is 24.9 Å². The number of hydrogen-bond donors (Lipinski definition) is 0. The second kappa shape index (κ2) is 14.3. The van der Waals surface area contributed by atoms with Crippen molar-refractivity contribution in [2.45, 2.75) is 31.6 Å². The fourth-order valence-electron chi connectivity index (χ4n) is 8.65. The van der Waals surface area contributed by atoms with Gasteiger partial charge in [-0.1, -0.05) is 158 Å². The summed E-state index contributed by atoms with van der Waals surface area (Å²) in [7, 11) is 0. The number of nitrogens with zero attached hydrogens (tertiary/aromatic N) is 5. The van der Waals surface area contributed by atoms with Gasteiger partial charge in [0.25, 0.3) is 0 Å². The Balaban J connectivity index is 1.03. The van der Waals surface area contributed by atoms with Crippen LogP contribution in [0.1, 0.15) is 37.2 Å². The van der Waals surface area contributed by atoms with Gasteiger partial charge in [0.1, 0.15) is 0 Å². The van der Waals surface area contributed by atoms with Crippen molar-refractivity contribution in [3.05, 3.63) is 175 Å². The summed E-state index contributed by atoms with van der Waals surface area (Å²) in [5.41, 5.74) is 11.4. The van der Waals surface area contributed by atoms with Crippen molar-refractivity contribution in [2.24, 2.45) is 11.8 Å². The highest BCUT2D eigenvalue weighted by atomic mass is 15.0. The molecular formula is C50H39N5. The number of rotatable bonds is 8. The van der Waals surface area contributed by atoms with E-state index in [2.05, 4.69) is 115 Å². The van der Waals surface area contributed by atoms with Gasteiger partial charge in [-0.3, -0.25) is 0 Å². The predicted octanol–water partition coefficient (Wildman–Crippen LogP) is 12.2. The second-order valence-electron chi connectivity index (χ2n) is 14.9. The zero-order valence-corrected chi connectivity index (χ0v) is 30.5. The van der Waals surface area contributed by atoms with E-state index in [0.29, 0.717) is 23.4 Å². The van der Waals surface area contributed by atoms with E-state index in [1.807, 2.05) is 54.6 Å². The Labute approximate surface area is 321 Å². The molecule has 0 N–H and O–H groups in total. The van der Waals surface area contributed by atoms with Gasteiger partial charge in [-0.25, -0.2) is 24.9 Å². The molecule has 2 fully saturated rings. The molecule has 2 heterocycles. The predicted molar refractivity (Wildman–Crippen MR) is 222 cm³/mol. The first kappa shape index (κ1) is 33.0. The van der Waals surface area contributed by atoms with Gasteiger partial charge in [-0.05, 0) is 71.9 Å². The molecule has 5 heteroatoms. The van der Waals surface area contributed by atoms with Crippen molar-refractivity contribution in [1.82, 2.24) is 24.9 Å². The van der Waals surface area contributed by atoms with Crippen molar-refractivity contribution in [1.29, 1.82) is 0 Å². The van der Waals surface area contributed by atoms with E-state index in [-0.39, 0.29) is 0 Å². The highest BCUT2D eigenvalue weighted by molar-refractivity contribution is 5.75. The maximum absolute atomic E-state index is 5.14. The Bertz CT molecular complexity index is 2610. The quantitative estimate of drug-likeness (QED) is 0.157. The molecule has 264 valence electrons. The van der Waals surface area contributed by atoms with E-state index in [1.165, 1.54) is 31.2 Å². The molecule has 0 radical (unpaired) electrons. The SMILES string of the molecule is c1ccc(-c2cccc(-c3nc(-c4ccccc4)nc(-c4ccc(-c5cc(-c6cccc(C7CC8CCC7C8)c6)nc(-c6ccccc6)n5)cc4)n3)c2)cc1. The Hall–Kier alpha value is -6.59. The summed E-state index contributed by atoms with van der Waals surface area (Å²) >= 11 is 0. The minimum Gasteiger partial charge on any atom is -0.228 e. The summed E-state index contributed by atoms with van der Waals surface area (Å²) in [5.74, 6) is 4.98. The number of aromatic nitrogens is 5. The smallest absolute Gasteiger partial charge is 0.164 e. The zero-order valence-electron chi connectivity index (χ0n) is 30.5. The van der Waals surface area contributed by atoms with Crippen LogP contribution < -0.4 is 0 Å². The number of benzene rings is 6. The van der Waals surface area contributed by atoms with Crippen LogP contribution in [0.15, 0.2) is 170 Å². The Morgan fingerprint density at radius 3 is 1.44 bits per heavy atom. The molecular weight excluding hydrogens is 671 g/mol. The average molecular weight is 710 g/mol. The zero-order chi connectivity index (χ0) is 36.6. The molecule has 5 nitrogen and oxygen atoms in total. The van der Waals surface area contributed by atoms with Crippen LogP contribution in [-0.2, 0) is 0 Å². The van der Waals surface area contributed by atoms with E-state index in [0.717, 1.165) is 73.6 Å². The maximum atomic E-state index is 5.14.